The van der Waals surface area contributed by atoms with Crippen molar-refractivity contribution < 1.29 is 9.90 Å². The van der Waals surface area contributed by atoms with E-state index in [9.17, 15) is 9.90 Å². The van der Waals surface area contributed by atoms with Crippen LogP contribution in [-0.2, 0) is 11.2 Å². The molecular weight excluding hydrogens is 294 g/mol. The summed E-state index contributed by atoms with van der Waals surface area (Å²) < 4.78 is 0. The number of amides is 1. The summed E-state index contributed by atoms with van der Waals surface area (Å²) in [5.74, 6) is 0.662. The van der Waals surface area contributed by atoms with E-state index in [2.05, 4.69) is 11.4 Å². The second-order valence-corrected chi connectivity index (χ2v) is 6.92. The van der Waals surface area contributed by atoms with Gasteiger partial charge < -0.3 is 10.4 Å². The van der Waals surface area contributed by atoms with Crippen molar-refractivity contribution in [2.24, 2.45) is 0 Å². The topological polar surface area (TPSA) is 49.3 Å². The van der Waals surface area contributed by atoms with Crippen molar-refractivity contribution in [2.45, 2.75) is 29.4 Å². The maximum absolute atomic E-state index is 12.7. The number of nitrogens with one attached hydrogen (secondary N) is 1. The van der Waals surface area contributed by atoms with Crippen molar-refractivity contribution in [1.29, 1.82) is 0 Å². The van der Waals surface area contributed by atoms with Crippen LogP contribution in [0, 0.1) is 0 Å². The zero-order valence-electron chi connectivity index (χ0n) is 12.0. The van der Waals surface area contributed by atoms with Gasteiger partial charge in [-0.05, 0) is 22.8 Å². The highest BCUT2D eigenvalue weighted by molar-refractivity contribution is 7.99. The van der Waals surface area contributed by atoms with E-state index < -0.39 is 6.10 Å². The summed E-state index contributed by atoms with van der Waals surface area (Å²) in [5.41, 5.74) is 3.27. The maximum atomic E-state index is 12.7. The molecule has 2 aliphatic rings. The summed E-state index contributed by atoms with van der Waals surface area (Å²) in [6, 6.07) is 15.7. The molecule has 0 radical (unpaired) electrons. The molecule has 0 spiro atoms. The van der Waals surface area contributed by atoms with Crippen molar-refractivity contribution in [3.8, 4) is 0 Å². The van der Waals surface area contributed by atoms with Gasteiger partial charge in [-0.25, -0.2) is 0 Å². The number of fused-ring (bicyclic) bond motifs is 2. The summed E-state index contributed by atoms with van der Waals surface area (Å²) in [5, 5.41) is 13.3. The molecule has 2 aromatic carbocycles. The van der Waals surface area contributed by atoms with Crippen molar-refractivity contribution in [3.05, 3.63) is 65.2 Å². The van der Waals surface area contributed by atoms with Gasteiger partial charge in [-0.2, -0.15) is 0 Å². The van der Waals surface area contributed by atoms with Crippen LogP contribution in [0.25, 0.3) is 0 Å². The van der Waals surface area contributed by atoms with Crippen LogP contribution in [0.1, 0.15) is 28.7 Å². The Labute approximate surface area is 133 Å². The zero-order chi connectivity index (χ0) is 15.1. The molecule has 0 unspecified atom stereocenters. The fourth-order valence-electron chi connectivity index (χ4n) is 3.38. The molecule has 0 bridgehead atoms. The number of benzene rings is 2. The standard InChI is InChI=1S/C18H17NO2S/c20-15-9-11-5-1-2-6-12(11)17(15)19-18(21)14-10-22-16-8-4-3-7-13(14)16/h1-8,14-15,17,20H,9-10H2,(H,19,21)/t14-,15+,17-/m1/s1. The van der Waals surface area contributed by atoms with Gasteiger partial charge in [0.05, 0.1) is 18.1 Å². The second kappa shape index (κ2) is 5.45. The smallest absolute Gasteiger partial charge is 0.229 e. The molecule has 1 amide bonds. The van der Waals surface area contributed by atoms with Crippen LogP contribution in [0.15, 0.2) is 53.4 Å². The molecular formula is C18H17NO2S. The summed E-state index contributed by atoms with van der Waals surface area (Å²) in [4.78, 5) is 13.9. The van der Waals surface area contributed by atoms with Gasteiger partial charge in [-0.15, -0.1) is 11.8 Å². The Kier molecular flexibility index (Phi) is 3.43. The lowest BCUT2D eigenvalue weighted by molar-refractivity contribution is -0.123. The minimum absolute atomic E-state index is 0.0122. The maximum Gasteiger partial charge on any atom is 0.229 e. The molecule has 0 aromatic heterocycles. The summed E-state index contributed by atoms with van der Waals surface area (Å²) in [6.45, 7) is 0. The molecule has 1 aliphatic carbocycles. The molecule has 3 nitrogen and oxygen atoms in total. The van der Waals surface area contributed by atoms with E-state index >= 15 is 0 Å². The largest absolute Gasteiger partial charge is 0.390 e. The monoisotopic (exact) mass is 311 g/mol. The van der Waals surface area contributed by atoms with Crippen LogP contribution in [-0.4, -0.2) is 22.9 Å². The molecule has 3 atom stereocenters. The van der Waals surface area contributed by atoms with Gasteiger partial charge in [-0.3, -0.25) is 4.79 Å². The summed E-state index contributed by atoms with van der Waals surface area (Å²) in [6.07, 6.45) is 0.0718. The minimum atomic E-state index is -0.536. The van der Waals surface area contributed by atoms with Gasteiger partial charge in [0.25, 0.3) is 0 Å². The zero-order valence-corrected chi connectivity index (χ0v) is 12.8. The molecule has 0 saturated heterocycles. The molecule has 4 heteroatoms. The first-order valence-electron chi connectivity index (χ1n) is 7.52. The number of hydrogen-bond donors (Lipinski definition) is 2. The fourth-order valence-corrected chi connectivity index (χ4v) is 4.61. The van der Waals surface area contributed by atoms with Gasteiger partial charge in [0.15, 0.2) is 0 Å². The first kappa shape index (κ1) is 13.9. The first-order valence-corrected chi connectivity index (χ1v) is 8.50. The van der Waals surface area contributed by atoms with Crippen LogP contribution in [0.5, 0.6) is 0 Å². The average molecular weight is 311 g/mol. The highest BCUT2D eigenvalue weighted by Gasteiger charge is 2.35. The predicted octanol–water partition coefficient (Wildman–Crippen LogP) is 2.65. The number of aliphatic hydroxyl groups is 1. The molecule has 2 N–H and O–H groups in total. The molecule has 4 rings (SSSR count). The molecule has 0 saturated carbocycles. The fraction of sp³-hybridized carbons (Fsp3) is 0.278. The van der Waals surface area contributed by atoms with Crippen molar-refractivity contribution in [1.82, 2.24) is 5.32 Å². The Bertz CT molecular complexity index is 731. The third-order valence-electron chi connectivity index (χ3n) is 4.52. The average Bonchev–Trinajstić information content (AvgIpc) is 3.09. The Hall–Kier alpha value is -1.78. The number of hydrogen-bond acceptors (Lipinski definition) is 3. The Morgan fingerprint density at radius 2 is 1.82 bits per heavy atom. The van der Waals surface area contributed by atoms with Crippen molar-refractivity contribution in [3.63, 3.8) is 0 Å². The Morgan fingerprint density at radius 1 is 1.09 bits per heavy atom. The lowest BCUT2D eigenvalue weighted by atomic mass is 9.99. The van der Waals surface area contributed by atoms with Crippen molar-refractivity contribution >= 4 is 17.7 Å². The summed E-state index contributed by atoms with van der Waals surface area (Å²) >= 11 is 1.73. The van der Waals surface area contributed by atoms with Gasteiger partial charge in [-0.1, -0.05) is 42.5 Å². The number of rotatable bonds is 2. The Morgan fingerprint density at radius 3 is 2.68 bits per heavy atom. The van der Waals surface area contributed by atoms with E-state index in [1.807, 2.05) is 42.5 Å². The van der Waals surface area contributed by atoms with Crippen molar-refractivity contribution in [2.75, 3.05) is 5.75 Å². The Balaban J connectivity index is 1.56. The number of thioether (sulfide) groups is 1. The van der Waals surface area contributed by atoms with Crippen LogP contribution in [0.2, 0.25) is 0 Å². The van der Waals surface area contributed by atoms with E-state index in [0.29, 0.717) is 6.42 Å². The molecule has 2 aromatic rings. The van der Waals surface area contributed by atoms with Crippen LogP contribution < -0.4 is 5.32 Å². The van der Waals surface area contributed by atoms with Crippen LogP contribution in [0.3, 0.4) is 0 Å². The molecule has 1 heterocycles. The van der Waals surface area contributed by atoms with E-state index in [1.165, 1.54) is 4.90 Å². The molecule has 22 heavy (non-hydrogen) atoms. The number of carbonyl (C=O) groups excluding carboxylic acids is 1. The van der Waals surface area contributed by atoms with Crippen LogP contribution in [0.4, 0.5) is 0 Å². The van der Waals surface area contributed by atoms with E-state index in [1.54, 1.807) is 11.8 Å². The minimum Gasteiger partial charge on any atom is -0.390 e. The number of aliphatic hydroxyl groups excluding tert-OH is 1. The normalized spacial score (nSPS) is 25.6. The first-order chi connectivity index (χ1) is 10.7. The van der Waals surface area contributed by atoms with E-state index in [0.717, 1.165) is 22.4 Å². The highest BCUT2D eigenvalue weighted by atomic mass is 32.2. The second-order valence-electron chi connectivity index (χ2n) is 5.86. The SMILES string of the molecule is O=C(N[C@@H]1c2ccccc2C[C@@H]1O)[C@@H]1CSc2ccccc21. The van der Waals surface area contributed by atoms with E-state index in [4.69, 9.17) is 0 Å². The molecule has 0 fully saturated rings. The summed E-state index contributed by atoms with van der Waals surface area (Å²) in [7, 11) is 0. The lowest BCUT2D eigenvalue weighted by Crippen LogP contribution is -2.37. The van der Waals surface area contributed by atoms with Crippen LogP contribution >= 0.6 is 11.8 Å². The van der Waals surface area contributed by atoms with Gasteiger partial charge >= 0.3 is 0 Å². The molecule has 1 aliphatic heterocycles. The third-order valence-corrected chi connectivity index (χ3v) is 5.70. The predicted molar refractivity (Wildman–Crippen MR) is 86.9 cm³/mol. The number of carbonyl (C=O) groups is 1. The molecule has 112 valence electrons. The van der Waals surface area contributed by atoms with Gasteiger partial charge in [0, 0.05) is 17.1 Å². The van der Waals surface area contributed by atoms with E-state index in [-0.39, 0.29) is 17.9 Å². The van der Waals surface area contributed by atoms with Gasteiger partial charge in [0.2, 0.25) is 5.91 Å². The highest BCUT2D eigenvalue weighted by Crippen LogP contribution is 2.40. The third kappa shape index (κ3) is 2.23. The lowest BCUT2D eigenvalue weighted by Gasteiger charge is -2.20. The van der Waals surface area contributed by atoms with Gasteiger partial charge in [0.1, 0.15) is 0 Å². The quantitative estimate of drug-likeness (QED) is 0.896.